The molecule has 19 heavy (non-hydrogen) atoms. The fourth-order valence-corrected chi connectivity index (χ4v) is 1.65. The lowest BCUT2D eigenvalue weighted by Gasteiger charge is -2.11. The first-order chi connectivity index (χ1) is 9.08. The van der Waals surface area contributed by atoms with E-state index in [-0.39, 0.29) is 5.91 Å². The smallest absolute Gasteiger partial charge is 0.272 e. The Balaban J connectivity index is 2.07. The first-order valence-corrected chi connectivity index (χ1v) is 5.96. The highest BCUT2D eigenvalue weighted by Gasteiger charge is 2.09. The molecule has 0 aliphatic carbocycles. The van der Waals surface area contributed by atoms with Crippen LogP contribution in [0.25, 0.3) is 0 Å². The molecule has 0 unspecified atom stereocenters. The summed E-state index contributed by atoms with van der Waals surface area (Å²) in [5.74, 6) is -0.107. The summed E-state index contributed by atoms with van der Waals surface area (Å²) in [5, 5.41) is 7.35. The van der Waals surface area contributed by atoms with E-state index in [1.165, 1.54) is 4.90 Å². The number of hydrogen-bond donors (Lipinski definition) is 1. The molecular weight excluding hydrogens is 242 g/mol. The molecule has 0 saturated carbocycles. The molecule has 100 valence electrons. The van der Waals surface area contributed by atoms with Gasteiger partial charge in [0.15, 0.2) is 0 Å². The zero-order valence-electron chi connectivity index (χ0n) is 11.3. The quantitative estimate of drug-likeness (QED) is 0.894. The third-order valence-electron chi connectivity index (χ3n) is 2.78. The predicted molar refractivity (Wildman–Crippen MR) is 72.8 cm³/mol. The van der Waals surface area contributed by atoms with Crippen LogP contribution in [0.1, 0.15) is 16.2 Å². The van der Waals surface area contributed by atoms with Gasteiger partial charge in [0.2, 0.25) is 0 Å². The maximum Gasteiger partial charge on any atom is 0.272 e. The lowest BCUT2D eigenvalue weighted by atomic mass is 10.3. The van der Waals surface area contributed by atoms with Crippen LogP contribution in [-0.2, 0) is 13.6 Å². The molecule has 6 heteroatoms. The highest BCUT2D eigenvalue weighted by atomic mass is 16.2. The summed E-state index contributed by atoms with van der Waals surface area (Å²) in [5.41, 5.74) is 2.36. The van der Waals surface area contributed by atoms with Gasteiger partial charge in [0.25, 0.3) is 5.91 Å². The van der Waals surface area contributed by atoms with E-state index in [2.05, 4.69) is 15.4 Å². The standard InChI is InChI=1S/C13H17N5O/c1-17(2)13(19)12-8-10(4-6-14-12)15-9-11-5-7-16-18(11)3/h4-8H,9H2,1-3H3,(H,14,15). The van der Waals surface area contributed by atoms with E-state index in [1.807, 2.05) is 19.2 Å². The largest absolute Gasteiger partial charge is 0.379 e. The van der Waals surface area contributed by atoms with Crippen molar-refractivity contribution in [1.29, 1.82) is 0 Å². The van der Waals surface area contributed by atoms with E-state index in [9.17, 15) is 4.79 Å². The topological polar surface area (TPSA) is 63.1 Å². The van der Waals surface area contributed by atoms with Crippen molar-refractivity contribution >= 4 is 11.6 Å². The Kier molecular flexibility index (Phi) is 3.79. The number of aromatic nitrogens is 3. The Morgan fingerprint density at radius 1 is 1.37 bits per heavy atom. The second-order valence-electron chi connectivity index (χ2n) is 4.43. The summed E-state index contributed by atoms with van der Waals surface area (Å²) in [7, 11) is 5.31. The summed E-state index contributed by atoms with van der Waals surface area (Å²) in [4.78, 5) is 17.4. The highest BCUT2D eigenvalue weighted by molar-refractivity contribution is 5.92. The number of aryl methyl sites for hydroxylation is 1. The molecule has 1 N–H and O–H groups in total. The van der Waals surface area contributed by atoms with E-state index < -0.39 is 0 Å². The number of pyridine rings is 1. The molecule has 0 aliphatic heterocycles. The lowest BCUT2D eigenvalue weighted by molar-refractivity contribution is 0.0822. The summed E-state index contributed by atoms with van der Waals surface area (Å²) in [6.07, 6.45) is 3.38. The van der Waals surface area contributed by atoms with Gasteiger partial charge in [0.05, 0.1) is 12.2 Å². The molecule has 2 aromatic rings. The van der Waals surface area contributed by atoms with Crippen LogP contribution in [0.2, 0.25) is 0 Å². The molecular formula is C13H17N5O. The molecule has 0 aromatic carbocycles. The van der Waals surface area contributed by atoms with Crippen molar-refractivity contribution < 1.29 is 4.79 Å². The maximum atomic E-state index is 11.8. The van der Waals surface area contributed by atoms with Crippen molar-refractivity contribution in [2.75, 3.05) is 19.4 Å². The van der Waals surface area contributed by atoms with Crippen molar-refractivity contribution in [2.45, 2.75) is 6.54 Å². The van der Waals surface area contributed by atoms with E-state index >= 15 is 0 Å². The SMILES string of the molecule is CN(C)C(=O)c1cc(NCc2ccnn2C)ccn1. The van der Waals surface area contributed by atoms with Crippen molar-refractivity contribution in [2.24, 2.45) is 7.05 Å². The van der Waals surface area contributed by atoms with Crippen molar-refractivity contribution in [3.05, 3.63) is 42.0 Å². The van der Waals surface area contributed by atoms with Crippen LogP contribution >= 0.6 is 0 Å². The van der Waals surface area contributed by atoms with E-state index in [4.69, 9.17) is 0 Å². The monoisotopic (exact) mass is 259 g/mol. The Labute approximate surface area is 112 Å². The zero-order valence-corrected chi connectivity index (χ0v) is 11.3. The second kappa shape index (κ2) is 5.51. The van der Waals surface area contributed by atoms with Crippen molar-refractivity contribution in [1.82, 2.24) is 19.7 Å². The van der Waals surface area contributed by atoms with E-state index in [1.54, 1.807) is 37.2 Å². The van der Waals surface area contributed by atoms with Crippen LogP contribution < -0.4 is 5.32 Å². The Bertz CT molecular complexity index is 576. The lowest BCUT2D eigenvalue weighted by Crippen LogP contribution is -2.22. The first kappa shape index (κ1) is 13.1. The van der Waals surface area contributed by atoms with Gasteiger partial charge >= 0.3 is 0 Å². The molecule has 0 atom stereocenters. The van der Waals surface area contributed by atoms with Crippen LogP contribution in [-0.4, -0.2) is 39.7 Å². The third kappa shape index (κ3) is 3.09. The van der Waals surface area contributed by atoms with Gasteiger partial charge < -0.3 is 10.2 Å². The molecule has 0 spiro atoms. The third-order valence-corrected chi connectivity index (χ3v) is 2.78. The van der Waals surface area contributed by atoms with Crippen molar-refractivity contribution in [3.8, 4) is 0 Å². The minimum atomic E-state index is -0.107. The van der Waals surface area contributed by atoms with Crippen LogP contribution in [0.4, 0.5) is 5.69 Å². The van der Waals surface area contributed by atoms with Crippen LogP contribution in [0, 0.1) is 0 Å². The average Bonchev–Trinajstić information content (AvgIpc) is 2.81. The molecule has 0 fully saturated rings. The Hall–Kier alpha value is -2.37. The van der Waals surface area contributed by atoms with Crippen LogP contribution in [0.3, 0.4) is 0 Å². The molecule has 2 aromatic heterocycles. The summed E-state index contributed by atoms with van der Waals surface area (Å²) in [6, 6.07) is 5.53. The molecule has 2 rings (SSSR count). The van der Waals surface area contributed by atoms with Crippen LogP contribution in [0.15, 0.2) is 30.6 Å². The van der Waals surface area contributed by atoms with E-state index in [0.29, 0.717) is 12.2 Å². The number of carbonyl (C=O) groups is 1. The van der Waals surface area contributed by atoms with Gasteiger partial charge in [-0.3, -0.25) is 14.5 Å². The number of nitrogens with one attached hydrogen (secondary N) is 1. The summed E-state index contributed by atoms with van der Waals surface area (Å²) < 4.78 is 1.81. The fourth-order valence-electron chi connectivity index (χ4n) is 1.65. The number of rotatable bonds is 4. The fraction of sp³-hybridized carbons (Fsp3) is 0.308. The maximum absolute atomic E-state index is 11.8. The summed E-state index contributed by atoms with van der Waals surface area (Å²) >= 11 is 0. The highest BCUT2D eigenvalue weighted by Crippen LogP contribution is 2.10. The Morgan fingerprint density at radius 3 is 2.79 bits per heavy atom. The molecule has 0 radical (unpaired) electrons. The van der Waals surface area contributed by atoms with Gasteiger partial charge in [-0.1, -0.05) is 0 Å². The first-order valence-electron chi connectivity index (χ1n) is 5.96. The molecule has 6 nitrogen and oxygen atoms in total. The number of carbonyl (C=O) groups excluding carboxylic acids is 1. The molecule has 0 bridgehead atoms. The average molecular weight is 259 g/mol. The van der Waals surface area contributed by atoms with Crippen molar-refractivity contribution in [3.63, 3.8) is 0 Å². The predicted octanol–water partition coefficient (Wildman–Crippen LogP) is 1.13. The summed E-state index contributed by atoms with van der Waals surface area (Å²) in [6.45, 7) is 0.649. The van der Waals surface area contributed by atoms with Crippen LogP contribution in [0.5, 0.6) is 0 Å². The number of hydrogen-bond acceptors (Lipinski definition) is 4. The number of amides is 1. The van der Waals surface area contributed by atoms with Gasteiger partial charge in [-0.2, -0.15) is 5.10 Å². The minimum absolute atomic E-state index is 0.107. The molecule has 2 heterocycles. The van der Waals surface area contributed by atoms with Gasteiger partial charge in [0.1, 0.15) is 5.69 Å². The molecule has 0 saturated heterocycles. The minimum Gasteiger partial charge on any atom is -0.379 e. The number of nitrogens with zero attached hydrogens (tertiary/aromatic N) is 4. The van der Waals surface area contributed by atoms with Gasteiger partial charge in [0, 0.05) is 39.2 Å². The normalized spacial score (nSPS) is 10.3. The van der Waals surface area contributed by atoms with Gasteiger partial charge in [-0.25, -0.2) is 0 Å². The van der Waals surface area contributed by atoms with Gasteiger partial charge in [-0.15, -0.1) is 0 Å². The van der Waals surface area contributed by atoms with E-state index in [0.717, 1.165) is 11.4 Å². The number of anilines is 1. The molecule has 1 amide bonds. The molecule has 0 aliphatic rings. The second-order valence-corrected chi connectivity index (χ2v) is 4.43. The zero-order chi connectivity index (χ0) is 13.8. The van der Waals surface area contributed by atoms with Gasteiger partial charge in [-0.05, 0) is 18.2 Å². The Morgan fingerprint density at radius 2 is 2.16 bits per heavy atom.